The van der Waals surface area contributed by atoms with E-state index in [4.69, 9.17) is 4.98 Å². The summed E-state index contributed by atoms with van der Waals surface area (Å²) >= 11 is 1.73. The third kappa shape index (κ3) is 3.90. The van der Waals surface area contributed by atoms with Crippen LogP contribution in [-0.2, 0) is 4.79 Å². The number of benzene rings is 1. The molecule has 0 radical (unpaired) electrons. The first kappa shape index (κ1) is 21.4. The summed E-state index contributed by atoms with van der Waals surface area (Å²) in [4.78, 5) is 26.0. The molecule has 0 saturated carbocycles. The number of hydrogen-bond acceptors (Lipinski definition) is 7. The molecule has 2 fully saturated rings. The highest BCUT2D eigenvalue weighted by Gasteiger charge is 2.42. The molecule has 3 aromatic heterocycles. The summed E-state index contributed by atoms with van der Waals surface area (Å²) < 4.78 is 0. The summed E-state index contributed by atoms with van der Waals surface area (Å²) in [6.07, 6.45) is 4.96. The quantitative estimate of drug-likeness (QED) is 0.301. The van der Waals surface area contributed by atoms with Crippen molar-refractivity contribution in [2.75, 3.05) is 11.9 Å². The van der Waals surface area contributed by atoms with Crippen LogP contribution in [0.2, 0.25) is 0 Å². The average molecular weight is 474 g/mol. The summed E-state index contributed by atoms with van der Waals surface area (Å²) in [7, 11) is 0. The van der Waals surface area contributed by atoms with Crippen molar-refractivity contribution < 1.29 is 4.79 Å². The molecule has 8 nitrogen and oxygen atoms in total. The van der Waals surface area contributed by atoms with Gasteiger partial charge in [-0.3, -0.25) is 15.2 Å². The van der Waals surface area contributed by atoms with Crippen molar-refractivity contribution in [2.45, 2.75) is 37.9 Å². The van der Waals surface area contributed by atoms with Crippen molar-refractivity contribution in [2.24, 2.45) is 5.92 Å². The second-order valence-electron chi connectivity index (χ2n) is 8.94. The van der Waals surface area contributed by atoms with Crippen LogP contribution in [0, 0.1) is 5.92 Å². The van der Waals surface area contributed by atoms with Crippen LogP contribution in [0.5, 0.6) is 0 Å². The molecular weight excluding hydrogens is 446 g/mol. The first-order valence-corrected chi connectivity index (χ1v) is 12.6. The second-order valence-corrected chi connectivity index (χ2v) is 9.89. The normalized spacial score (nSPS) is 24.3. The Balaban J connectivity index is 1.26. The lowest BCUT2D eigenvalue weighted by molar-refractivity contribution is -0.115. The molecule has 9 heteroatoms. The number of thiophene rings is 1. The zero-order valence-corrected chi connectivity index (χ0v) is 19.7. The van der Waals surface area contributed by atoms with Gasteiger partial charge >= 0.3 is 0 Å². The van der Waals surface area contributed by atoms with E-state index < -0.39 is 0 Å². The number of imidazole rings is 1. The molecule has 1 aromatic carbocycles. The predicted molar refractivity (Wildman–Crippen MR) is 134 cm³/mol. The molecule has 0 aliphatic carbocycles. The molecule has 2 aliphatic heterocycles. The highest BCUT2D eigenvalue weighted by molar-refractivity contribution is 7.13. The van der Waals surface area contributed by atoms with E-state index in [0.29, 0.717) is 18.4 Å². The number of hydrazine groups is 1. The van der Waals surface area contributed by atoms with Crippen molar-refractivity contribution in [3.05, 3.63) is 65.6 Å². The summed E-state index contributed by atoms with van der Waals surface area (Å²) in [5.74, 6) is 1.30. The number of rotatable bonds is 5. The Kier molecular flexibility index (Phi) is 5.62. The summed E-state index contributed by atoms with van der Waals surface area (Å²) in [6, 6.07) is 13.1. The number of carbonyl (C=O) groups excluding carboxylic acids is 1. The van der Waals surface area contributed by atoms with Gasteiger partial charge in [0.15, 0.2) is 0 Å². The van der Waals surface area contributed by atoms with E-state index in [-0.39, 0.29) is 18.0 Å². The number of hydrogen-bond donors (Lipinski definition) is 5. The fraction of sp³-hybridized carbons (Fsp3) is 0.320. The standard InChI is InChI=1S/C25H27N7OS/c1-2-22(33)28-15-9-14(11-26-12-15)19-10-17-20(13-27-19)31-32-24(17)25-29-18-6-3-5-16(23(18)30-25)21-7-4-8-34-21/h3-9,11-12,17,19-20,24,27,31-32H,2,10,13H2,1H3,(H,28,33)(H,29,30). The Labute approximate surface area is 201 Å². The SMILES string of the molecule is CCC(=O)Nc1cncc(C2CC3C(CN2)NNC3c2nc3c(-c4cccs4)cccc3[nH]2)c1. The Hall–Kier alpha value is -3.11. The lowest BCUT2D eigenvalue weighted by atomic mass is 9.82. The van der Waals surface area contributed by atoms with Gasteiger partial charge in [0.1, 0.15) is 5.82 Å². The fourth-order valence-corrected chi connectivity index (χ4v) is 5.84. The van der Waals surface area contributed by atoms with Gasteiger partial charge in [-0.25, -0.2) is 10.4 Å². The minimum atomic E-state index is -0.00771. The molecular formula is C25H27N7OS. The highest BCUT2D eigenvalue weighted by Crippen LogP contribution is 2.39. The smallest absolute Gasteiger partial charge is 0.224 e. The van der Waals surface area contributed by atoms with Crippen LogP contribution in [0.4, 0.5) is 5.69 Å². The van der Waals surface area contributed by atoms with E-state index in [1.165, 1.54) is 4.88 Å². The maximum atomic E-state index is 11.8. The third-order valence-corrected chi connectivity index (χ3v) is 7.74. The number of piperidine rings is 1. The predicted octanol–water partition coefficient (Wildman–Crippen LogP) is 3.90. The van der Waals surface area contributed by atoms with Gasteiger partial charge < -0.3 is 15.6 Å². The van der Waals surface area contributed by atoms with Crippen LogP contribution < -0.4 is 21.5 Å². The summed E-state index contributed by atoms with van der Waals surface area (Å²) in [6.45, 7) is 2.68. The maximum absolute atomic E-state index is 11.8. The average Bonchev–Trinajstić information content (AvgIpc) is 3.62. The van der Waals surface area contributed by atoms with Crippen molar-refractivity contribution in [3.8, 4) is 10.4 Å². The molecule has 34 heavy (non-hydrogen) atoms. The lowest BCUT2D eigenvalue weighted by Gasteiger charge is -2.34. The van der Waals surface area contributed by atoms with Crippen LogP contribution in [0.25, 0.3) is 21.5 Å². The molecule has 4 unspecified atom stereocenters. The first-order chi connectivity index (χ1) is 16.7. The Morgan fingerprint density at radius 1 is 1.21 bits per heavy atom. The monoisotopic (exact) mass is 473 g/mol. The number of aromatic nitrogens is 3. The van der Waals surface area contributed by atoms with Crippen molar-refractivity contribution >= 4 is 34.0 Å². The van der Waals surface area contributed by atoms with E-state index in [9.17, 15) is 4.79 Å². The van der Waals surface area contributed by atoms with Gasteiger partial charge in [-0.2, -0.15) is 0 Å². The number of aromatic amines is 1. The van der Waals surface area contributed by atoms with Gasteiger partial charge in [0.05, 0.1) is 29.0 Å². The first-order valence-electron chi connectivity index (χ1n) is 11.7. The molecule has 2 aliphatic rings. The molecule has 4 atom stereocenters. The molecule has 4 aromatic rings. The largest absolute Gasteiger partial charge is 0.341 e. The molecule has 2 saturated heterocycles. The van der Waals surface area contributed by atoms with E-state index >= 15 is 0 Å². The van der Waals surface area contributed by atoms with Crippen molar-refractivity contribution in [1.29, 1.82) is 0 Å². The Morgan fingerprint density at radius 2 is 2.15 bits per heavy atom. The van der Waals surface area contributed by atoms with Gasteiger partial charge in [-0.15, -0.1) is 11.3 Å². The van der Waals surface area contributed by atoms with Gasteiger partial charge in [0.25, 0.3) is 0 Å². The number of nitrogens with one attached hydrogen (secondary N) is 5. The van der Waals surface area contributed by atoms with Crippen LogP contribution in [0.1, 0.15) is 43.2 Å². The molecule has 6 rings (SSSR count). The van der Waals surface area contributed by atoms with Crippen LogP contribution in [0.3, 0.4) is 0 Å². The van der Waals surface area contributed by atoms with E-state index in [1.807, 2.05) is 19.2 Å². The molecule has 5 N–H and O–H groups in total. The zero-order valence-electron chi connectivity index (χ0n) is 18.8. The number of H-pyrrole nitrogens is 1. The number of para-hydroxylation sites is 1. The molecule has 1 amide bonds. The molecule has 0 bridgehead atoms. The second kappa shape index (κ2) is 8.92. The van der Waals surface area contributed by atoms with Crippen LogP contribution >= 0.6 is 11.3 Å². The van der Waals surface area contributed by atoms with E-state index in [1.54, 1.807) is 17.5 Å². The number of anilines is 1. The van der Waals surface area contributed by atoms with Gasteiger partial charge in [-0.1, -0.05) is 25.1 Å². The molecule has 0 spiro atoms. The summed E-state index contributed by atoms with van der Waals surface area (Å²) in [5.41, 5.74) is 12.0. The van der Waals surface area contributed by atoms with Gasteiger partial charge in [0, 0.05) is 47.6 Å². The van der Waals surface area contributed by atoms with Crippen molar-refractivity contribution in [3.63, 3.8) is 0 Å². The van der Waals surface area contributed by atoms with Gasteiger partial charge in [0.2, 0.25) is 5.91 Å². The topological polar surface area (TPSA) is 107 Å². The number of fused-ring (bicyclic) bond motifs is 2. The lowest BCUT2D eigenvalue weighted by Crippen LogP contribution is -2.46. The van der Waals surface area contributed by atoms with Gasteiger partial charge in [-0.05, 0) is 35.6 Å². The van der Waals surface area contributed by atoms with Crippen LogP contribution in [-0.4, -0.2) is 33.4 Å². The molecule has 5 heterocycles. The van der Waals surface area contributed by atoms with E-state index in [0.717, 1.165) is 46.6 Å². The number of amides is 1. The fourth-order valence-electron chi connectivity index (χ4n) is 5.09. The molecule has 174 valence electrons. The minimum Gasteiger partial charge on any atom is -0.341 e. The maximum Gasteiger partial charge on any atom is 0.224 e. The Morgan fingerprint density at radius 3 is 3.00 bits per heavy atom. The van der Waals surface area contributed by atoms with Crippen LogP contribution in [0.15, 0.2) is 54.2 Å². The Bertz CT molecular complexity index is 1320. The number of nitrogens with zero attached hydrogens (tertiary/aromatic N) is 2. The zero-order chi connectivity index (χ0) is 23.1. The summed E-state index contributed by atoms with van der Waals surface area (Å²) in [5, 5.41) is 8.66. The number of carbonyl (C=O) groups is 1. The third-order valence-electron chi connectivity index (χ3n) is 6.84. The van der Waals surface area contributed by atoms with E-state index in [2.05, 4.69) is 67.2 Å². The minimum absolute atomic E-state index is 0.00771. The van der Waals surface area contributed by atoms with Crippen molar-refractivity contribution in [1.82, 2.24) is 31.1 Å². The highest BCUT2D eigenvalue weighted by atomic mass is 32.1. The number of pyridine rings is 1.